The van der Waals surface area contributed by atoms with E-state index in [9.17, 15) is 18.0 Å². The predicted molar refractivity (Wildman–Crippen MR) is 105 cm³/mol. The van der Waals surface area contributed by atoms with Crippen molar-refractivity contribution in [2.45, 2.75) is 64.1 Å². The lowest BCUT2D eigenvalue weighted by Crippen LogP contribution is -2.47. The number of fused-ring (bicyclic) bond motifs is 1. The molecule has 3 heterocycles. The number of carbonyl (C=O) groups is 1. The fraction of sp³-hybridized carbons (Fsp3) is 0.700. The van der Waals surface area contributed by atoms with Crippen LogP contribution < -0.4 is 4.90 Å². The molecule has 164 valence electrons. The van der Waals surface area contributed by atoms with Crippen LogP contribution in [0.2, 0.25) is 0 Å². The van der Waals surface area contributed by atoms with E-state index >= 15 is 0 Å². The van der Waals surface area contributed by atoms with Crippen molar-refractivity contribution in [1.29, 1.82) is 0 Å². The first-order chi connectivity index (χ1) is 14.4. The van der Waals surface area contributed by atoms with E-state index in [1.807, 2.05) is 11.8 Å². The number of aromatic nitrogens is 4. The van der Waals surface area contributed by atoms with Crippen molar-refractivity contribution in [2.24, 2.45) is 5.92 Å². The van der Waals surface area contributed by atoms with E-state index in [-0.39, 0.29) is 17.5 Å². The average Bonchev–Trinajstić information content (AvgIpc) is 3.19. The lowest BCUT2D eigenvalue weighted by Gasteiger charge is -2.38. The lowest BCUT2D eigenvalue weighted by molar-refractivity contribution is -0.146. The Balaban J connectivity index is 1.43. The van der Waals surface area contributed by atoms with Crippen LogP contribution in [-0.2, 0) is 11.0 Å². The van der Waals surface area contributed by atoms with Crippen molar-refractivity contribution in [1.82, 2.24) is 24.7 Å². The summed E-state index contributed by atoms with van der Waals surface area (Å²) in [5.74, 6) is -0.494. The van der Waals surface area contributed by atoms with Crippen LogP contribution in [0.25, 0.3) is 5.65 Å². The Bertz CT molecular complexity index is 884. The topological polar surface area (TPSA) is 66.6 Å². The summed E-state index contributed by atoms with van der Waals surface area (Å²) in [6, 6.07) is 3.50. The summed E-state index contributed by atoms with van der Waals surface area (Å²) in [7, 11) is 0. The van der Waals surface area contributed by atoms with Gasteiger partial charge in [0.15, 0.2) is 5.65 Å². The Morgan fingerprint density at radius 3 is 2.43 bits per heavy atom. The molecule has 2 aromatic rings. The Hall–Kier alpha value is -2.39. The Kier molecular flexibility index (Phi) is 5.84. The molecule has 7 nitrogen and oxygen atoms in total. The largest absolute Gasteiger partial charge is 0.453 e. The monoisotopic (exact) mass is 424 g/mol. The summed E-state index contributed by atoms with van der Waals surface area (Å²) in [6.45, 7) is 3.94. The number of hydrogen-bond donors (Lipinski definition) is 0. The summed E-state index contributed by atoms with van der Waals surface area (Å²) in [6.07, 6.45) is 2.53. The van der Waals surface area contributed by atoms with Crippen LogP contribution in [0.5, 0.6) is 0 Å². The van der Waals surface area contributed by atoms with E-state index in [4.69, 9.17) is 0 Å². The SMILES string of the molecule is CCN(C(=O)C1CCN(c2ccc3nnc(C(F)(F)F)n3n2)CC1)C1CCCCC1. The van der Waals surface area contributed by atoms with Gasteiger partial charge in [0.05, 0.1) is 0 Å². The molecule has 0 radical (unpaired) electrons. The molecular formula is C20H27F3N6O. The Labute approximate surface area is 173 Å². The van der Waals surface area contributed by atoms with Gasteiger partial charge in [-0.2, -0.15) is 17.7 Å². The number of rotatable bonds is 4. The zero-order valence-electron chi connectivity index (χ0n) is 17.1. The van der Waals surface area contributed by atoms with Gasteiger partial charge < -0.3 is 9.80 Å². The van der Waals surface area contributed by atoms with Crippen LogP contribution in [0.3, 0.4) is 0 Å². The molecule has 10 heteroatoms. The molecule has 1 saturated carbocycles. The Morgan fingerprint density at radius 1 is 1.10 bits per heavy atom. The average molecular weight is 424 g/mol. The molecule has 0 aromatic carbocycles. The number of piperidine rings is 1. The molecule has 30 heavy (non-hydrogen) atoms. The third kappa shape index (κ3) is 4.09. The molecule has 0 N–H and O–H groups in total. The maximum atomic E-state index is 13.1. The van der Waals surface area contributed by atoms with Crippen molar-refractivity contribution in [3.63, 3.8) is 0 Å². The molecule has 2 aromatic heterocycles. The van der Waals surface area contributed by atoms with E-state index in [0.717, 1.165) is 23.9 Å². The highest BCUT2D eigenvalue weighted by Gasteiger charge is 2.38. The standard InChI is InChI=1S/C20H27F3N6O/c1-2-28(15-6-4-3-5-7-15)18(30)14-10-12-27(13-11-14)17-9-8-16-24-25-19(20(21,22)23)29(16)26-17/h8-9,14-15H,2-7,10-13H2,1H3. The molecule has 1 aliphatic carbocycles. The van der Waals surface area contributed by atoms with E-state index in [2.05, 4.69) is 20.2 Å². The molecule has 0 spiro atoms. The number of alkyl halides is 3. The molecule has 0 atom stereocenters. The van der Waals surface area contributed by atoms with Gasteiger partial charge in [-0.05, 0) is 44.7 Å². The fourth-order valence-corrected chi connectivity index (χ4v) is 4.70. The van der Waals surface area contributed by atoms with Crippen molar-refractivity contribution < 1.29 is 18.0 Å². The third-order valence-electron chi connectivity index (χ3n) is 6.31. The van der Waals surface area contributed by atoms with Crippen molar-refractivity contribution in [3.8, 4) is 0 Å². The summed E-state index contributed by atoms with van der Waals surface area (Å²) in [4.78, 5) is 17.1. The van der Waals surface area contributed by atoms with Gasteiger partial charge in [-0.1, -0.05) is 19.3 Å². The predicted octanol–water partition coefficient (Wildman–Crippen LogP) is 3.54. The molecule has 0 unspecified atom stereocenters. The first-order valence-electron chi connectivity index (χ1n) is 10.7. The van der Waals surface area contributed by atoms with E-state index in [0.29, 0.717) is 37.8 Å². The second-order valence-corrected chi connectivity index (χ2v) is 8.16. The molecule has 2 aliphatic rings. The van der Waals surface area contributed by atoms with Crippen LogP contribution in [0.15, 0.2) is 12.1 Å². The fourth-order valence-electron chi connectivity index (χ4n) is 4.70. The molecule has 0 bridgehead atoms. The first kappa shape index (κ1) is 20.9. The second kappa shape index (κ2) is 8.39. The van der Waals surface area contributed by atoms with Gasteiger partial charge in [0, 0.05) is 31.6 Å². The van der Waals surface area contributed by atoms with Gasteiger partial charge in [-0.25, -0.2) is 0 Å². The number of amides is 1. The minimum Gasteiger partial charge on any atom is -0.355 e. The van der Waals surface area contributed by atoms with Crippen molar-refractivity contribution in [3.05, 3.63) is 18.0 Å². The van der Waals surface area contributed by atoms with Crippen LogP contribution in [0.1, 0.15) is 57.7 Å². The maximum Gasteiger partial charge on any atom is 0.453 e. The number of halogens is 3. The molecule has 1 saturated heterocycles. The maximum absolute atomic E-state index is 13.1. The molecular weight excluding hydrogens is 397 g/mol. The van der Waals surface area contributed by atoms with Gasteiger partial charge in [0.25, 0.3) is 5.82 Å². The zero-order valence-corrected chi connectivity index (χ0v) is 17.1. The highest BCUT2D eigenvalue weighted by atomic mass is 19.4. The molecule has 1 aliphatic heterocycles. The minimum absolute atomic E-state index is 0.0347. The van der Waals surface area contributed by atoms with Gasteiger partial charge >= 0.3 is 6.18 Å². The molecule has 4 rings (SSSR count). The van der Waals surface area contributed by atoms with Crippen LogP contribution >= 0.6 is 0 Å². The lowest BCUT2D eigenvalue weighted by atomic mass is 9.90. The van der Waals surface area contributed by atoms with Crippen molar-refractivity contribution in [2.75, 3.05) is 24.5 Å². The van der Waals surface area contributed by atoms with E-state index < -0.39 is 12.0 Å². The van der Waals surface area contributed by atoms with Gasteiger partial charge in [0.2, 0.25) is 5.91 Å². The molecule has 1 amide bonds. The number of nitrogens with zero attached hydrogens (tertiary/aromatic N) is 6. The highest BCUT2D eigenvalue weighted by Crippen LogP contribution is 2.30. The minimum atomic E-state index is -4.62. The van der Waals surface area contributed by atoms with Crippen LogP contribution in [0, 0.1) is 5.92 Å². The zero-order chi connectivity index (χ0) is 21.3. The summed E-state index contributed by atoms with van der Waals surface area (Å²) >= 11 is 0. The van der Waals surface area contributed by atoms with Gasteiger partial charge in [-0.15, -0.1) is 15.3 Å². The number of carbonyl (C=O) groups excluding carboxylic acids is 1. The van der Waals surface area contributed by atoms with E-state index in [1.165, 1.54) is 25.3 Å². The first-order valence-corrected chi connectivity index (χ1v) is 10.7. The highest BCUT2D eigenvalue weighted by molar-refractivity contribution is 5.79. The smallest absolute Gasteiger partial charge is 0.355 e. The third-order valence-corrected chi connectivity index (χ3v) is 6.31. The summed E-state index contributed by atoms with van der Waals surface area (Å²) < 4.78 is 40.1. The summed E-state index contributed by atoms with van der Waals surface area (Å²) in [5, 5.41) is 10.9. The normalized spacial score (nSPS) is 19.4. The number of hydrogen-bond acceptors (Lipinski definition) is 5. The second-order valence-electron chi connectivity index (χ2n) is 8.16. The van der Waals surface area contributed by atoms with Gasteiger partial charge in [0.1, 0.15) is 5.82 Å². The summed E-state index contributed by atoms with van der Waals surface area (Å²) in [5.41, 5.74) is 0.0576. The number of anilines is 1. The molecule has 2 fully saturated rings. The quantitative estimate of drug-likeness (QED) is 0.751. The van der Waals surface area contributed by atoms with Crippen LogP contribution in [0.4, 0.5) is 19.0 Å². The van der Waals surface area contributed by atoms with Gasteiger partial charge in [-0.3, -0.25) is 4.79 Å². The Morgan fingerprint density at radius 2 is 1.80 bits per heavy atom. The van der Waals surface area contributed by atoms with Crippen molar-refractivity contribution >= 4 is 17.4 Å². The van der Waals surface area contributed by atoms with Crippen LogP contribution in [-0.4, -0.2) is 56.3 Å². The van der Waals surface area contributed by atoms with E-state index in [1.54, 1.807) is 6.07 Å².